The van der Waals surface area contributed by atoms with Gasteiger partial charge in [0.25, 0.3) is 0 Å². The van der Waals surface area contributed by atoms with Gasteiger partial charge in [-0.3, -0.25) is 0 Å². The van der Waals surface area contributed by atoms with Gasteiger partial charge in [0.1, 0.15) is 5.82 Å². The summed E-state index contributed by atoms with van der Waals surface area (Å²) in [5, 5.41) is 0.347. The molecule has 1 unspecified atom stereocenters. The van der Waals surface area contributed by atoms with Gasteiger partial charge in [0.2, 0.25) is 10.0 Å². The Morgan fingerprint density at radius 1 is 1.35 bits per heavy atom. The Balaban J connectivity index is 2.40. The van der Waals surface area contributed by atoms with Crippen molar-refractivity contribution in [1.82, 2.24) is 4.31 Å². The van der Waals surface area contributed by atoms with Crippen molar-refractivity contribution in [1.29, 1.82) is 0 Å². The van der Waals surface area contributed by atoms with Gasteiger partial charge in [-0.1, -0.05) is 6.92 Å². The molecule has 1 atom stereocenters. The summed E-state index contributed by atoms with van der Waals surface area (Å²) >= 11 is 1.82. The van der Waals surface area contributed by atoms with Crippen LogP contribution in [0.3, 0.4) is 0 Å². The third-order valence-electron chi connectivity index (χ3n) is 3.58. The van der Waals surface area contributed by atoms with Crippen LogP contribution in [-0.2, 0) is 10.0 Å². The van der Waals surface area contributed by atoms with Crippen molar-refractivity contribution in [2.75, 3.05) is 18.8 Å². The van der Waals surface area contributed by atoms with Crippen LogP contribution in [-0.4, -0.2) is 36.8 Å². The van der Waals surface area contributed by atoms with E-state index in [1.165, 1.54) is 12.1 Å². The largest absolute Gasteiger partial charge is 0.243 e. The molecule has 1 aromatic rings. The molecule has 3 nitrogen and oxygen atoms in total. The average Bonchev–Trinajstić information content (AvgIpc) is 2.37. The highest BCUT2D eigenvalue weighted by atomic mass is 32.2. The molecule has 0 amide bonds. The van der Waals surface area contributed by atoms with Crippen molar-refractivity contribution >= 4 is 21.8 Å². The minimum atomic E-state index is -3.53. The molecule has 6 heteroatoms. The second kappa shape index (κ2) is 6.03. The molecule has 0 spiro atoms. The van der Waals surface area contributed by atoms with E-state index in [4.69, 9.17) is 0 Å². The maximum Gasteiger partial charge on any atom is 0.243 e. The lowest BCUT2D eigenvalue weighted by Crippen LogP contribution is -2.42. The van der Waals surface area contributed by atoms with E-state index < -0.39 is 10.0 Å². The van der Waals surface area contributed by atoms with Crippen molar-refractivity contribution in [3.63, 3.8) is 0 Å². The fourth-order valence-corrected chi connectivity index (χ4v) is 5.88. The van der Waals surface area contributed by atoms with E-state index in [2.05, 4.69) is 6.92 Å². The summed E-state index contributed by atoms with van der Waals surface area (Å²) in [4.78, 5) is 0.264. The van der Waals surface area contributed by atoms with E-state index in [0.29, 0.717) is 29.5 Å². The first-order chi connectivity index (χ1) is 9.36. The van der Waals surface area contributed by atoms with Crippen LogP contribution in [0.1, 0.15) is 24.5 Å². The smallest absolute Gasteiger partial charge is 0.207 e. The van der Waals surface area contributed by atoms with E-state index in [9.17, 15) is 12.8 Å². The monoisotopic (exact) mass is 317 g/mol. The number of benzene rings is 1. The Bertz CT molecular complexity index is 578. The molecule has 20 heavy (non-hydrogen) atoms. The number of halogens is 1. The zero-order valence-electron chi connectivity index (χ0n) is 12.0. The summed E-state index contributed by atoms with van der Waals surface area (Å²) in [5.41, 5.74) is 0.961. The number of rotatable bonds is 3. The van der Waals surface area contributed by atoms with Crippen LogP contribution in [0, 0.1) is 19.7 Å². The highest BCUT2D eigenvalue weighted by Gasteiger charge is 2.32. The Morgan fingerprint density at radius 3 is 2.50 bits per heavy atom. The normalized spacial score (nSPS) is 21.1. The summed E-state index contributed by atoms with van der Waals surface area (Å²) < 4.78 is 40.5. The quantitative estimate of drug-likeness (QED) is 0.860. The van der Waals surface area contributed by atoms with Crippen molar-refractivity contribution < 1.29 is 12.8 Å². The Morgan fingerprint density at radius 2 is 1.95 bits per heavy atom. The van der Waals surface area contributed by atoms with E-state index in [-0.39, 0.29) is 10.7 Å². The van der Waals surface area contributed by atoms with E-state index in [1.807, 2.05) is 11.8 Å². The van der Waals surface area contributed by atoms with Crippen LogP contribution in [0.4, 0.5) is 4.39 Å². The molecule has 2 rings (SSSR count). The molecule has 0 saturated carbocycles. The highest BCUT2D eigenvalue weighted by Crippen LogP contribution is 2.29. The van der Waals surface area contributed by atoms with Gasteiger partial charge in [-0.25, -0.2) is 12.8 Å². The summed E-state index contributed by atoms with van der Waals surface area (Å²) in [6.45, 7) is 6.44. The maximum absolute atomic E-state index is 13.3. The van der Waals surface area contributed by atoms with Crippen LogP contribution in [0.2, 0.25) is 0 Å². The number of thioether (sulfide) groups is 1. The summed E-state index contributed by atoms with van der Waals surface area (Å²) in [7, 11) is -3.53. The molecular weight excluding hydrogens is 297 g/mol. The third-order valence-corrected chi connectivity index (χ3v) is 7.12. The second-order valence-corrected chi connectivity index (χ2v) is 8.42. The van der Waals surface area contributed by atoms with Gasteiger partial charge in [0, 0.05) is 24.1 Å². The van der Waals surface area contributed by atoms with Gasteiger partial charge in [-0.15, -0.1) is 0 Å². The lowest BCUT2D eigenvalue weighted by atomic mass is 10.1. The fourth-order valence-electron chi connectivity index (χ4n) is 2.59. The average molecular weight is 317 g/mol. The molecule has 0 radical (unpaired) electrons. The number of hydrogen-bond donors (Lipinski definition) is 0. The van der Waals surface area contributed by atoms with Gasteiger partial charge in [0.05, 0.1) is 4.90 Å². The molecule has 0 aromatic heterocycles. The first-order valence-corrected chi connectivity index (χ1v) is 9.23. The summed E-state index contributed by atoms with van der Waals surface area (Å²) in [5.74, 6) is 0.427. The molecule has 0 aliphatic carbocycles. The highest BCUT2D eigenvalue weighted by molar-refractivity contribution is 8.00. The van der Waals surface area contributed by atoms with E-state index in [0.717, 1.165) is 12.2 Å². The van der Waals surface area contributed by atoms with Gasteiger partial charge in [0.15, 0.2) is 0 Å². The molecule has 1 aromatic carbocycles. The van der Waals surface area contributed by atoms with Crippen LogP contribution in [0.15, 0.2) is 17.0 Å². The number of aryl methyl sites for hydroxylation is 2. The lowest BCUT2D eigenvalue weighted by Gasteiger charge is -2.31. The minimum Gasteiger partial charge on any atom is -0.207 e. The lowest BCUT2D eigenvalue weighted by molar-refractivity contribution is 0.415. The number of hydrogen-bond acceptors (Lipinski definition) is 3. The van der Waals surface area contributed by atoms with Gasteiger partial charge in [-0.05, 0) is 43.5 Å². The Kier molecular flexibility index (Phi) is 4.76. The Labute approximate surface area is 124 Å². The van der Waals surface area contributed by atoms with Crippen LogP contribution in [0.25, 0.3) is 0 Å². The van der Waals surface area contributed by atoms with Gasteiger partial charge < -0.3 is 0 Å². The first kappa shape index (κ1) is 15.8. The molecule has 1 fully saturated rings. The van der Waals surface area contributed by atoms with Crippen molar-refractivity contribution in [3.8, 4) is 0 Å². The minimum absolute atomic E-state index is 0.264. The summed E-state index contributed by atoms with van der Waals surface area (Å²) in [6, 6.07) is 2.58. The van der Waals surface area contributed by atoms with Crippen molar-refractivity contribution in [2.45, 2.75) is 37.3 Å². The maximum atomic E-state index is 13.3. The van der Waals surface area contributed by atoms with Gasteiger partial charge in [-0.2, -0.15) is 16.1 Å². The predicted molar refractivity (Wildman–Crippen MR) is 81.2 cm³/mol. The number of sulfonamides is 1. The van der Waals surface area contributed by atoms with Crippen LogP contribution >= 0.6 is 11.8 Å². The predicted octanol–water partition coefficient (Wildman–Crippen LogP) is 2.96. The molecule has 0 N–H and O–H groups in total. The molecule has 1 saturated heterocycles. The molecular formula is C14H20FNO2S2. The number of nitrogens with zero attached hydrogens (tertiary/aromatic N) is 1. The second-order valence-electron chi connectivity index (χ2n) is 5.13. The van der Waals surface area contributed by atoms with E-state index >= 15 is 0 Å². The zero-order valence-corrected chi connectivity index (χ0v) is 13.7. The van der Waals surface area contributed by atoms with Gasteiger partial charge >= 0.3 is 0 Å². The Hall–Kier alpha value is -0.590. The van der Waals surface area contributed by atoms with E-state index in [1.54, 1.807) is 18.2 Å². The third kappa shape index (κ3) is 3.02. The van der Waals surface area contributed by atoms with Crippen LogP contribution in [0.5, 0.6) is 0 Å². The SMILES string of the molecule is CCC1CN(S(=O)(=O)c2c(C)cc(F)cc2C)CCS1. The van der Waals surface area contributed by atoms with Crippen molar-refractivity contribution in [2.24, 2.45) is 0 Å². The molecule has 1 aliphatic rings. The topological polar surface area (TPSA) is 37.4 Å². The molecule has 0 bridgehead atoms. The van der Waals surface area contributed by atoms with Crippen LogP contribution < -0.4 is 0 Å². The zero-order chi connectivity index (χ0) is 14.9. The molecule has 1 aliphatic heterocycles. The van der Waals surface area contributed by atoms with Crippen molar-refractivity contribution in [3.05, 3.63) is 29.1 Å². The fraction of sp³-hybridized carbons (Fsp3) is 0.571. The molecule has 112 valence electrons. The summed E-state index contributed by atoms with van der Waals surface area (Å²) in [6.07, 6.45) is 0.956. The standard InChI is InChI=1S/C14H20FNO2S2/c1-4-13-9-16(5-6-19-13)20(17,18)14-10(2)7-12(15)8-11(14)3/h7-8,13H,4-6,9H2,1-3H3. The first-order valence-electron chi connectivity index (χ1n) is 6.74. The molecule has 1 heterocycles.